The van der Waals surface area contributed by atoms with Crippen LogP contribution in [0.3, 0.4) is 0 Å². The van der Waals surface area contributed by atoms with E-state index in [1.807, 2.05) is 0 Å². The van der Waals surface area contributed by atoms with E-state index in [0.717, 1.165) is 11.3 Å². The molecule has 0 radical (unpaired) electrons. The van der Waals surface area contributed by atoms with Crippen molar-refractivity contribution in [3.8, 4) is 17.2 Å². The Morgan fingerprint density at radius 3 is 2.32 bits per heavy atom. The normalized spacial score (nSPS) is 10.1. The third-order valence-electron chi connectivity index (χ3n) is 3.16. The summed E-state index contributed by atoms with van der Waals surface area (Å²) in [5.41, 5.74) is 0.384. The number of thiazole rings is 1. The van der Waals surface area contributed by atoms with Gasteiger partial charge in [-0.1, -0.05) is 0 Å². The van der Waals surface area contributed by atoms with E-state index in [1.54, 1.807) is 13.0 Å². The highest BCUT2D eigenvalue weighted by Gasteiger charge is 2.19. The highest BCUT2D eigenvalue weighted by atomic mass is 32.1. The first-order valence-electron chi connectivity index (χ1n) is 7.28. The number of benzene rings is 1. The summed E-state index contributed by atoms with van der Waals surface area (Å²) in [6, 6.07) is 3.06. The molecule has 25 heavy (non-hydrogen) atoms. The van der Waals surface area contributed by atoms with E-state index in [9.17, 15) is 9.59 Å². The van der Waals surface area contributed by atoms with Crippen molar-refractivity contribution in [2.75, 3.05) is 33.3 Å². The summed E-state index contributed by atoms with van der Waals surface area (Å²) in [7, 11) is 4.41. The molecule has 1 amide bonds. The number of ether oxygens (including phenoxy) is 4. The molecule has 0 unspecified atom stereocenters. The summed E-state index contributed by atoms with van der Waals surface area (Å²) in [5.74, 6) is 0.150. The molecule has 1 aromatic carbocycles. The highest BCUT2D eigenvalue weighted by molar-refractivity contribution is 7.14. The van der Waals surface area contributed by atoms with Gasteiger partial charge in [0, 0.05) is 17.5 Å². The maximum Gasteiger partial charge on any atom is 0.357 e. The lowest BCUT2D eigenvalue weighted by Gasteiger charge is -2.13. The standard InChI is InChI=1S/C16H18N2O6S/c1-5-24-15(20)10-8-25-16(17-10)18-14(19)9-6-12(22-3)13(23-4)7-11(9)21-2/h6-8H,5H2,1-4H3,(H,17,18,19). The van der Waals surface area contributed by atoms with Crippen molar-refractivity contribution >= 4 is 28.3 Å². The van der Waals surface area contributed by atoms with Crippen LogP contribution in [0.4, 0.5) is 5.13 Å². The summed E-state index contributed by atoms with van der Waals surface area (Å²) in [4.78, 5) is 28.2. The fourth-order valence-corrected chi connectivity index (χ4v) is 2.68. The molecule has 2 aromatic rings. The number of amides is 1. The van der Waals surface area contributed by atoms with Crippen LogP contribution in [-0.4, -0.2) is 44.8 Å². The number of nitrogens with zero attached hydrogens (tertiary/aromatic N) is 1. The van der Waals surface area contributed by atoms with Gasteiger partial charge in [-0.2, -0.15) is 0 Å². The maximum atomic E-state index is 12.5. The number of rotatable bonds is 7. The predicted molar refractivity (Wildman–Crippen MR) is 92.1 cm³/mol. The summed E-state index contributed by atoms with van der Waals surface area (Å²) < 4.78 is 20.5. The van der Waals surface area contributed by atoms with Crippen molar-refractivity contribution in [3.05, 3.63) is 28.8 Å². The van der Waals surface area contributed by atoms with Gasteiger partial charge in [-0.15, -0.1) is 11.3 Å². The van der Waals surface area contributed by atoms with E-state index in [0.29, 0.717) is 17.2 Å². The van der Waals surface area contributed by atoms with Gasteiger partial charge in [0.2, 0.25) is 0 Å². The van der Waals surface area contributed by atoms with Crippen molar-refractivity contribution in [2.45, 2.75) is 6.92 Å². The monoisotopic (exact) mass is 366 g/mol. The maximum absolute atomic E-state index is 12.5. The van der Waals surface area contributed by atoms with Gasteiger partial charge in [0.15, 0.2) is 22.3 Å². The number of hydrogen-bond donors (Lipinski definition) is 1. The van der Waals surface area contributed by atoms with Gasteiger partial charge in [0.05, 0.1) is 33.5 Å². The molecule has 0 aliphatic heterocycles. The van der Waals surface area contributed by atoms with Crippen molar-refractivity contribution in [1.82, 2.24) is 4.98 Å². The van der Waals surface area contributed by atoms with Crippen molar-refractivity contribution in [2.24, 2.45) is 0 Å². The Kier molecular flexibility index (Phi) is 6.18. The van der Waals surface area contributed by atoms with E-state index < -0.39 is 11.9 Å². The number of esters is 1. The number of methoxy groups -OCH3 is 3. The van der Waals surface area contributed by atoms with Gasteiger partial charge < -0.3 is 18.9 Å². The van der Waals surface area contributed by atoms with Crippen LogP contribution in [0.5, 0.6) is 17.2 Å². The molecule has 0 fully saturated rings. The Hall–Kier alpha value is -2.81. The topological polar surface area (TPSA) is 96.0 Å². The van der Waals surface area contributed by atoms with Gasteiger partial charge in [-0.25, -0.2) is 9.78 Å². The average molecular weight is 366 g/mol. The van der Waals surface area contributed by atoms with Crippen LogP contribution in [0, 0.1) is 0 Å². The number of anilines is 1. The second-order valence-electron chi connectivity index (χ2n) is 4.62. The molecule has 1 N–H and O–H groups in total. The van der Waals surface area contributed by atoms with E-state index in [1.165, 1.54) is 32.8 Å². The molecule has 1 aromatic heterocycles. The quantitative estimate of drug-likeness (QED) is 0.752. The second-order valence-corrected chi connectivity index (χ2v) is 5.48. The minimum Gasteiger partial charge on any atom is -0.496 e. The lowest BCUT2D eigenvalue weighted by Crippen LogP contribution is -2.14. The molecular weight excluding hydrogens is 348 g/mol. The molecule has 0 atom stereocenters. The third-order valence-corrected chi connectivity index (χ3v) is 3.92. The number of carbonyl (C=O) groups is 2. The van der Waals surface area contributed by atoms with Crippen LogP contribution in [0.15, 0.2) is 17.5 Å². The first-order chi connectivity index (χ1) is 12.0. The van der Waals surface area contributed by atoms with Gasteiger partial charge in [0.1, 0.15) is 5.75 Å². The van der Waals surface area contributed by atoms with Gasteiger partial charge in [-0.05, 0) is 6.92 Å². The Bertz CT molecular complexity index is 774. The third kappa shape index (κ3) is 4.18. The summed E-state index contributed by atoms with van der Waals surface area (Å²) >= 11 is 1.12. The van der Waals surface area contributed by atoms with E-state index in [4.69, 9.17) is 18.9 Å². The van der Waals surface area contributed by atoms with Crippen LogP contribution in [0.25, 0.3) is 0 Å². The van der Waals surface area contributed by atoms with Crippen molar-refractivity contribution < 1.29 is 28.5 Å². The van der Waals surface area contributed by atoms with Crippen LogP contribution < -0.4 is 19.5 Å². The molecule has 1 heterocycles. The Morgan fingerprint density at radius 2 is 1.72 bits per heavy atom. The van der Waals surface area contributed by atoms with Crippen LogP contribution in [0.1, 0.15) is 27.8 Å². The Morgan fingerprint density at radius 1 is 1.08 bits per heavy atom. The minimum atomic E-state index is -0.539. The van der Waals surface area contributed by atoms with E-state index in [2.05, 4.69) is 10.3 Å². The zero-order valence-electron chi connectivity index (χ0n) is 14.2. The highest BCUT2D eigenvalue weighted by Crippen LogP contribution is 2.35. The Balaban J connectivity index is 2.24. The molecule has 134 valence electrons. The molecule has 0 saturated carbocycles. The van der Waals surface area contributed by atoms with Gasteiger partial charge in [0.25, 0.3) is 5.91 Å². The first kappa shape index (κ1) is 18.5. The molecular formula is C16H18N2O6S. The SMILES string of the molecule is CCOC(=O)c1csc(NC(=O)c2cc(OC)c(OC)cc2OC)n1. The summed E-state index contributed by atoms with van der Waals surface area (Å²) in [5, 5.41) is 4.41. The fraction of sp³-hybridized carbons (Fsp3) is 0.312. The smallest absolute Gasteiger partial charge is 0.357 e. The molecule has 9 heteroatoms. The van der Waals surface area contributed by atoms with Gasteiger partial charge in [-0.3, -0.25) is 10.1 Å². The first-order valence-corrected chi connectivity index (χ1v) is 8.16. The lowest BCUT2D eigenvalue weighted by molar-refractivity contribution is 0.0520. The number of hydrogen-bond acceptors (Lipinski definition) is 8. The molecule has 0 saturated heterocycles. The summed E-state index contributed by atoms with van der Waals surface area (Å²) in [6.45, 7) is 1.96. The van der Waals surface area contributed by atoms with Crippen LogP contribution in [-0.2, 0) is 4.74 Å². The zero-order chi connectivity index (χ0) is 18.4. The number of carbonyl (C=O) groups excluding carboxylic acids is 2. The molecule has 0 bridgehead atoms. The molecule has 8 nitrogen and oxygen atoms in total. The van der Waals surface area contributed by atoms with E-state index in [-0.39, 0.29) is 23.0 Å². The Labute approximate surface area is 148 Å². The summed E-state index contributed by atoms with van der Waals surface area (Å²) in [6.07, 6.45) is 0. The van der Waals surface area contributed by atoms with E-state index >= 15 is 0 Å². The molecule has 0 aliphatic rings. The van der Waals surface area contributed by atoms with Gasteiger partial charge >= 0.3 is 5.97 Å². The second kappa shape index (κ2) is 8.34. The van der Waals surface area contributed by atoms with Crippen molar-refractivity contribution in [3.63, 3.8) is 0 Å². The fourth-order valence-electron chi connectivity index (χ4n) is 2.00. The number of nitrogens with one attached hydrogen (secondary N) is 1. The lowest BCUT2D eigenvalue weighted by atomic mass is 10.1. The minimum absolute atomic E-state index is 0.140. The molecule has 0 aliphatic carbocycles. The van der Waals surface area contributed by atoms with Crippen LogP contribution >= 0.6 is 11.3 Å². The zero-order valence-corrected chi connectivity index (χ0v) is 15.1. The average Bonchev–Trinajstić information content (AvgIpc) is 3.09. The largest absolute Gasteiger partial charge is 0.496 e. The predicted octanol–water partition coefficient (Wildman–Crippen LogP) is 2.60. The van der Waals surface area contributed by atoms with Crippen LogP contribution in [0.2, 0.25) is 0 Å². The molecule has 0 spiro atoms. The number of aromatic nitrogens is 1. The van der Waals surface area contributed by atoms with Crippen molar-refractivity contribution in [1.29, 1.82) is 0 Å². The molecule has 2 rings (SSSR count).